The molecule has 4 aliphatic carbocycles. The first-order chi connectivity index (χ1) is 16.1. The Labute approximate surface area is 206 Å². The van der Waals surface area contributed by atoms with Crippen molar-refractivity contribution in [2.75, 3.05) is 19.7 Å². The first-order valence-corrected chi connectivity index (χ1v) is 14.2. The average molecular weight is 474 g/mol. The van der Waals surface area contributed by atoms with Crippen LogP contribution in [0.15, 0.2) is 0 Å². The number of hydrogen-bond donors (Lipinski definition) is 1. The van der Waals surface area contributed by atoms with E-state index in [0.29, 0.717) is 30.0 Å². The second-order valence-corrected chi connectivity index (χ2v) is 13.2. The van der Waals surface area contributed by atoms with Gasteiger partial charge in [-0.1, -0.05) is 27.7 Å². The Morgan fingerprint density at radius 1 is 1.12 bits per heavy atom. The van der Waals surface area contributed by atoms with Gasteiger partial charge in [-0.05, 0) is 86.9 Å². The van der Waals surface area contributed by atoms with Gasteiger partial charge in [0.05, 0.1) is 18.3 Å². The maximum absolute atomic E-state index is 14.0. The molecule has 5 aliphatic rings. The van der Waals surface area contributed by atoms with E-state index in [9.17, 15) is 14.7 Å². The number of aliphatic hydroxyl groups is 1. The molecule has 34 heavy (non-hydrogen) atoms. The number of aliphatic hydroxyl groups excluding tert-OH is 1. The molecule has 0 radical (unpaired) electrons. The molecule has 0 spiro atoms. The van der Waals surface area contributed by atoms with E-state index in [1.165, 1.54) is 0 Å². The molecule has 3 unspecified atom stereocenters. The summed E-state index contributed by atoms with van der Waals surface area (Å²) in [7, 11) is 0. The Balaban J connectivity index is 1.42. The summed E-state index contributed by atoms with van der Waals surface area (Å²) in [6.07, 6.45) is 8.22. The Kier molecular flexibility index (Phi) is 6.34. The van der Waals surface area contributed by atoms with E-state index in [4.69, 9.17) is 4.74 Å². The Hall–Kier alpha value is -0.780. The molecular formula is C29H47NO4. The van der Waals surface area contributed by atoms with Crippen LogP contribution in [-0.2, 0) is 14.3 Å². The van der Waals surface area contributed by atoms with Crippen molar-refractivity contribution >= 4 is 11.6 Å². The van der Waals surface area contributed by atoms with Gasteiger partial charge in [0.25, 0.3) is 0 Å². The van der Waals surface area contributed by atoms with Gasteiger partial charge in [-0.25, -0.2) is 0 Å². The summed E-state index contributed by atoms with van der Waals surface area (Å²) in [4.78, 5) is 28.9. The van der Waals surface area contributed by atoms with Gasteiger partial charge in [-0.15, -0.1) is 0 Å². The van der Waals surface area contributed by atoms with Crippen LogP contribution in [0, 0.1) is 40.4 Å². The van der Waals surface area contributed by atoms with Gasteiger partial charge >= 0.3 is 0 Å². The molecule has 0 amide bonds. The van der Waals surface area contributed by atoms with Crippen LogP contribution in [0.4, 0.5) is 0 Å². The SMILES string of the molecule is CCC1(CC)CN(C2C[C@@]3(C)C(CC[C@H]4[C@@H]5CC[C@H](C(C)=O)[C@@]5(C)CC(=O)[C@@H]43)CC2O)CCO1. The molecule has 1 aliphatic heterocycles. The van der Waals surface area contributed by atoms with E-state index in [0.717, 1.165) is 71.1 Å². The van der Waals surface area contributed by atoms with Crippen molar-refractivity contribution in [2.24, 2.45) is 40.4 Å². The van der Waals surface area contributed by atoms with Crippen LogP contribution in [0.5, 0.6) is 0 Å². The van der Waals surface area contributed by atoms with Crippen LogP contribution >= 0.6 is 0 Å². The predicted molar refractivity (Wildman–Crippen MR) is 132 cm³/mol. The second kappa shape index (κ2) is 8.66. The number of hydrogen-bond acceptors (Lipinski definition) is 5. The van der Waals surface area contributed by atoms with Crippen LogP contribution in [0.25, 0.3) is 0 Å². The van der Waals surface area contributed by atoms with Crippen LogP contribution in [-0.4, -0.2) is 59.0 Å². The quantitative estimate of drug-likeness (QED) is 0.644. The number of fused-ring (bicyclic) bond motifs is 5. The highest BCUT2D eigenvalue weighted by Crippen LogP contribution is 2.66. The van der Waals surface area contributed by atoms with Crippen molar-refractivity contribution < 1.29 is 19.4 Å². The lowest BCUT2D eigenvalue weighted by Gasteiger charge is -2.62. The van der Waals surface area contributed by atoms with Crippen molar-refractivity contribution in [3.8, 4) is 0 Å². The molecule has 192 valence electrons. The summed E-state index contributed by atoms with van der Waals surface area (Å²) in [5.74, 6) is 2.15. The Morgan fingerprint density at radius 2 is 1.85 bits per heavy atom. The number of carbonyl (C=O) groups is 2. The van der Waals surface area contributed by atoms with E-state index in [1.54, 1.807) is 6.92 Å². The van der Waals surface area contributed by atoms with E-state index in [-0.39, 0.29) is 46.2 Å². The normalized spacial score (nSPS) is 48.6. The van der Waals surface area contributed by atoms with Crippen molar-refractivity contribution in [3.63, 3.8) is 0 Å². The fourth-order valence-corrected chi connectivity index (χ4v) is 9.97. The van der Waals surface area contributed by atoms with Crippen LogP contribution in [0.2, 0.25) is 0 Å². The molecule has 0 aromatic heterocycles. The molecular weight excluding hydrogens is 426 g/mol. The van der Waals surface area contributed by atoms with Gasteiger partial charge in [0.2, 0.25) is 0 Å². The van der Waals surface area contributed by atoms with E-state index < -0.39 is 0 Å². The standard InChI is InChI=1S/C29H47NO4/c1-6-29(7-2)17-30(12-13-34-29)23-15-27(4)19(14-24(23)32)8-9-20-22-11-10-21(18(3)31)28(22,5)16-25(33)26(20)27/h19-24,26,32H,6-17H2,1-5H3/t19?,20-,21+,22-,23?,24?,26+,27-,28+/m0/s1. The molecule has 1 heterocycles. The number of ketones is 2. The highest BCUT2D eigenvalue weighted by molar-refractivity contribution is 5.87. The topological polar surface area (TPSA) is 66.8 Å². The minimum Gasteiger partial charge on any atom is -0.391 e. The zero-order chi connectivity index (χ0) is 24.5. The number of morpholine rings is 1. The lowest BCUT2D eigenvalue weighted by molar-refractivity contribution is -0.181. The molecule has 5 nitrogen and oxygen atoms in total. The third-order valence-corrected chi connectivity index (χ3v) is 11.9. The summed E-state index contributed by atoms with van der Waals surface area (Å²) >= 11 is 0. The monoisotopic (exact) mass is 473 g/mol. The maximum Gasteiger partial charge on any atom is 0.137 e. The van der Waals surface area contributed by atoms with Crippen molar-refractivity contribution in [2.45, 2.75) is 110 Å². The zero-order valence-electron chi connectivity index (χ0n) is 22.1. The van der Waals surface area contributed by atoms with Gasteiger partial charge < -0.3 is 9.84 Å². The van der Waals surface area contributed by atoms with E-state index in [2.05, 4.69) is 32.6 Å². The highest BCUT2D eigenvalue weighted by atomic mass is 16.5. The number of nitrogens with zero attached hydrogens (tertiary/aromatic N) is 1. The summed E-state index contributed by atoms with van der Waals surface area (Å²) in [6, 6.07) is 0.107. The smallest absolute Gasteiger partial charge is 0.137 e. The molecule has 5 fully saturated rings. The lowest BCUT2D eigenvalue weighted by Crippen LogP contribution is -2.64. The fourth-order valence-electron chi connectivity index (χ4n) is 9.97. The highest BCUT2D eigenvalue weighted by Gasteiger charge is 2.65. The molecule has 9 atom stereocenters. The summed E-state index contributed by atoms with van der Waals surface area (Å²) in [6.45, 7) is 13.3. The molecule has 4 saturated carbocycles. The van der Waals surface area contributed by atoms with E-state index in [1.807, 2.05) is 0 Å². The number of carbonyl (C=O) groups excluding carboxylic acids is 2. The first-order valence-electron chi connectivity index (χ1n) is 14.2. The summed E-state index contributed by atoms with van der Waals surface area (Å²) in [5, 5.41) is 11.3. The van der Waals surface area contributed by atoms with Gasteiger partial charge in [0.1, 0.15) is 11.6 Å². The van der Waals surface area contributed by atoms with Crippen molar-refractivity contribution in [1.82, 2.24) is 4.90 Å². The molecule has 1 saturated heterocycles. The second-order valence-electron chi connectivity index (χ2n) is 13.2. The largest absolute Gasteiger partial charge is 0.391 e. The summed E-state index contributed by atoms with van der Waals surface area (Å²) in [5.41, 5.74) is -0.315. The van der Waals surface area contributed by atoms with Gasteiger partial charge in [0, 0.05) is 37.4 Å². The molecule has 5 heteroatoms. The molecule has 0 bridgehead atoms. The van der Waals surface area contributed by atoms with Crippen LogP contribution < -0.4 is 0 Å². The van der Waals surface area contributed by atoms with Crippen LogP contribution in [0.1, 0.15) is 92.4 Å². The summed E-state index contributed by atoms with van der Waals surface area (Å²) < 4.78 is 6.24. The van der Waals surface area contributed by atoms with Crippen LogP contribution in [0.3, 0.4) is 0 Å². The minimum atomic E-state index is -0.323. The molecule has 1 N–H and O–H groups in total. The third kappa shape index (κ3) is 3.58. The third-order valence-electron chi connectivity index (χ3n) is 11.9. The molecule has 0 aromatic carbocycles. The molecule has 0 aromatic rings. The predicted octanol–water partition coefficient (Wildman–Crippen LogP) is 4.64. The molecule has 5 rings (SSSR count). The number of ether oxygens (including phenoxy) is 1. The van der Waals surface area contributed by atoms with Crippen molar-refractivity contribution in [1.29, 1.82) is 0 Å². The van der Waals surface area contributed by atoms with Gasteiger partial charge in [-0.3, -0.25) is 14.5 Å². The Morgan fingerprint density at radius 3 is 2.53 bits per heavy atom. The minimum absolute atomic E-state index is 0.0541. The fraction of sp³-hybridized carbons (Fsp3) is 0.931. The van der Waals surface area contributed by atoms with Gasteiger partial charge in [0.15, 0.2) is 0 Å². The lowest BCUT2D eigenvalue weighted by atomic mass is 9.43. The van der Waals surface area contributed by atoms with E-state index >= 15 is 0 Å². The maximum atomic E-state index is 14.0. The first kappa shape index (κ1) is 24.9. The zero-order valence-corrected chi connectivity index (χ0v) is 22.1. The average Bonchev–Trinajstić information content (AvgIpc) is 3.15. The number of rotatable bonds is 4. The van der Waals surface area contributed by atoms with Gasteiger partial charge in [-0.2, -0.15) is 0 Å². The number of Topliss-reactive ketones (excluding diaryl/α,β-unsaturated/α-hetero) is 2. The Bertz CT molecular complexity index is 823. The van der Waals surface area contributed by atoms with Crippen molar-refractivity contribution in [3.05, 3.63) is 0 Å².